The number of benzene rings is 2. The fraction of sp³-hybridized carbons (Fsp3) is 0.591. The van der Waals surface area contributed by atoms with Crippen LogP contribution in [0, 0.1) is 0 Å². The van der Waals surface area contributed by atoms with Crippen molar-refractivity contribution >= 4 is 33.9 Å². The summed E-state index contributed by atoms with van der Waals surface area (Å²) in [4.78, 5) is 29.8. The maximum absolute atomic E-state index is 13.7. The molecule has 57 heavy (non-hydrogen) atoms. The number of fused-ring (bicyclic) bond motifs is 2. The summed E-state index contributed by atoms with van der Waals surface area (Å²) in [5.74, 6) is 1.45. The number of aliphatic hydroxyl groups excluding tert-OH is 2. The number of hydrogen-bond donors (Lipinski definition) is 3. The van der Waals surface area contributed by atoms with Crippen molar-refractivity contribution in [2.24, 2.45) is 0 Å². The zero-order valence-electron chi connectivity index (χ0n) is 34.2. The predicted molar refractivity (Wildman–Crippen MR) is 216 cm³/mol. The number of amides is 2. The summed E-state index contributed by atoms with van der Waals surface area (Å²) in [6, 6.07) is 12.8. The van der Waals surface area contributed by atoms with Gasteiger partial charge in [-0.25, -0.2) is 4.79 Å². The lowest BCUT2D eigenvalue weighted by Crippen LogP contribution is -2.54. The summed E-state index contributed by atoms with van der Waals surface area (Å²) in [7, 11) is 0. The van der Waals surface area contributed by atoms with Gasteiger partial charge in [-0.1, -0.05) is 0 Å². The van der Waals surface area contributed by atoms with Gasteiger partial charge in [0.05, 0.1) is 55.7 Å². The molecule has 3 aliphatic rings. The molecule has 2 unspecified atom stereocenters. The van der Waals surface area contributed by atoms with Crippen molar-refractivity contribution in [1.82, 2.24) is 15.1 Å². The highest BCUT2D eigenvalue weighted by Gasteiger charge is 2.42. The first kappa shape index (κ1) is 42.3. The van der Waals surface area contributed by atoms with Crippen LogP contribution in [0.25, 0.3) is 21.9 Å². The minimum atomic E-state index is -0.740. The first-order valence-corrected chi connectivity index (χ1v) is 20.6. The van der Waals surface area contributed by atoms with Crippen LogP contribution in [0.15, 0.2) is 57.8 Å². The molecule has 2 aromatic heterocycles. The van der Waals surface area contributed by atoms with Gasteiger partial charge in [-0.3, -0.25) is 4.79 Å². The molecule has 0 radical (unpaired) electrons. The van der Waals surface area contributed by atoms with Gasteiger partial charge in [0.25, 0.3) is 5.91 Å². The van der Waals surface area contributed by atoms with E-state index in [0.717, 1.165) is 59.8 Å². The standard InChI is InChI=1S/C27H38N2O7.C17H23NO3/c1-18(19-15-22(33-12-6-5-11-30)21-9-13-34-23(21)16-19)29(20-7-8-20)25(31)24-17-28(10-14-35-24)26(32)36-27(2,3)4;1-12(18-14-4-5-14)13-10-16(20-8-3-2-7-19)15-6-9-21-17(15)11-13/h9,13,15-16,18,20,24,30H,5-8,10-12,14,17H2,1-4H3;6,9-12,14,18-19H,2-5,7-8H2,1H3/t18?,24-;/m1./s1. The van der Waals surface area contributed by atoms with E-state index >= 15 is 0 Å². The maximum Gasteiger partial charge on any atom is 0.410 e. The van der Waals surface area contributed by atoms with E-state index in [1.807, 2.05) is 56.9 Å². The van der Waals surface area contributed by atoms with Crippen LogP contribution in [0.3, 0.4) is 0 Å². The largest absolute Gasteiger partial charge is 0.493 e. The van der Waals surface area contributed by atoms with E-state index < -0.39 is 17.8 Å². The molecule has 2 amide bonds. The zero-order chi connectivity index (χ0) is 40.5. The summed E-state index contributed by atoms with van der Waals surface area (Å²) in [5, 5.41) is 23.4. The molecular formula is C44H61N3O10. The second-order valence-corrected chi connectivity index (χ2v) is 16.4. The van der Waals surface area contributed by atoms with Gasteiger partial charge in [-0.2, -0.15) is 0 Å². The topological polar surface area (TPSA) is 156 Å². The zero-order valence-corrected chi connectivity index (χ0v) is 34.2. The molecule has 13 heteroatoms. The summed E-state index contributed by atoms with van der Waals surface area (Å²) in [5.41, 5.74) is 3.07. The lowest BCUT2D eigenvalue weighted by molar-refractivity contribution is -0.151. The molecule has 0 bridgehead atoms. The van der Waals surface area contributed by atoms with Gasteiger partial charge < -0.3 is 53.1 Å². The average molecular weight is 792 g/mol. The van der Waals surface area contributed by atoms with Crippen molar-refractivity contribution in [3.05, 3.63) is 60.1 Å². The van der Waals surface area contributed by atoms with E-state index in [2.05, 4.69) is 24.4 Å². The minimum Gasteiger partial charge on any atom is -0.493 e. The summed E-state index contributed by atoms with van der Waals surface area (Å²) >= 11 is 0. The van der Waals surface area contributed by atoms with Crippen molar-refractivity contribution in [1.29, 1.82) is 0 Å². The number of carbonyl (C=O) groups excluding carboxylic acids is 2. The van der Waals surface area contributed by atoms with E-state index in [1.165, 1.54) is 18.4 Å². The summed E-state index contributed by atoms with van der Waals surface area (Å²) in [6.07, 6.45) is 9.64. The Bertz CT molecular complexity index is 1910. The second kappa shape index (κ2) is 19.4. The number of nitrogens with zero attached hydrogens (tertiary/aromatic N) is 2. The Labute approximate surface area is 335 Å². The van der Waals surface area contributed by atoms with E-state index in [9.17, 15) is 9.59 Å². The molecule has 0 spiro atoms. The third-order valence-electron chi connectivity index (χ3n) is 10.4. The van der Waals surface area contributed by atoms with Crippen LogP contribution < -0.4 is 14.8 Å². The van der Waals surface area contributed by atoms with Gasteiger partial charge in [0.15, 0.2) is 6.10 Å². The summed E-state index contributed by atoms with van der Waals surface area (Å²) < 4.78 is 34.5. The highest BCUT2D eigenvalue weighted by Crippen LogP contribution is 2.39. The van der Waals surface area contributed by atoms with Crippen molar-refractivity contribution < 1.29 is 47.6 Å². The Morgan fingerprint density at radius 1 is 0.860 bits per heavy atom. The highest BCUT2D eigenvalue weighted by atomic mass is 16.6. The monoisotopic (exact) mass is 791 g/mol. The van der Waals surface area contributed by atoms with Crippen molar-refractivity contribution in [2.45, 2.75) is 122 Å². The molecule has 4 aromatic rings. The molecule has 7 rings (SSSR count). The van der Waals surface area contributed by atoms with Crippen LogP contribution >= 0.6 is 0 Å². The van der Waals surface area contributed by atoms with Gasteiger partial charge in [0.2, 0.25) is 0 Å². The number of hydrogen-bond acceptors (Lipinski definition) is 11. The van der Waals surface area contributed by atoms with Crippen molar-refractivity contribution in [2.75, 3.05) is 46.1 Å². The Kier molecular flexibility index (Phi) is 14.4. The molecule has 2 aromatic carbocycles. The first-order valence-electron chi connectivity index (χ1n) is 20.6. The number of furan rings is 2. The molecule has 3 fully saturated rings. The quantitative estimate of drug-likeness (QED) is 0.0903. The van der Waals surface area contributed by atoms with Gasteiger partial charge in [0.1, 0.15) is 28.3 Å². The van der Waals surface area contributed by atoms with Crippen LogP contribution in [-0.2, 0) is 14.3 Å². The molecule has 1 aliphatic heterocycles. The maximum atomic E-state index is 13.7. The summed E-state index contributed by atoms with van der Waals surface area (Å²) in [6.45, 7) is 12.0. The van der Waals surface area contributed by atoms with Gasteiger partial charge in [-0.15, -0.1) is 0 Å². The SMILES string of the molecule is CC(NC1CC1)c1cc(OCCCCO)c2ccoc2c1.CC(c1cc(OCCCCO)c2ccoc2c1)N(C(=O)[C@H]1CN(C(=O)OC(C)(C)C)CCO1)C1CC1. The third-order valence-corrected chi connectivity index (χ3v) is 10.4. The van der Waals surface area contributed by atoms with Crippen LogP contribution in [-0.4, -0.2) is 102 Å². The third kappa shape index (κ3) is 11.6. The smallest absolute Gasteiger partial charge is 0.410 e. The number of unbranched alkanes of at least 4 members (excludes halogenated alkanes) is 2. The Morgan fingerprint density at radius 2 is 1.44 bits per heavy atom. The van der Waals surface area contributed by atoms with E-state index in [0.29, 0.717) is 49.6 Å². The molecule has 2 aliphatic carbocycles. The highest BCUT2D eigenvalue weighted by molar-refractivity contribution is 5.87. The van der Waals surface area contributed by atoms with Crippen molar-refractivity contribution in [3.8, 4) is 11.5 Å². The molecular weight excluding hydrogens is 730 g/mol. The number of carbonyl (C=O) groups is 2. The lowest BCUT2D eigenvalue weighted by Gasteiger charge is -2.38. The molecule has 3 heterocycles. The molecule has 2 saturated carbocycles. The molecule has 1 saturated heterocycles. The minimum absolute atomic E-state index is 0.122. The van der Waals surface area contributed by atoms with Crippen LogP contribution in [0.4, 0.5) is 4.79 Å². The van der Waals surface area contributed by atoms with Crippen molar-refractivity contribution in [3.63, 3.8) is 0 Å². The van der Waals surface area contributed by atoms with Gasteiger partial charge in [-0.05, 0) is 134 Å². The van der Waals surface area contributed by atoms with Crippen LogP contribution in [0.2, 0.25) is 0 Å². The fourth-order valence-corrected chi connectivity index (χ4v) is 7.00. The lowest BCUT2D eigenvalue weighted by atomic mass is 10.0. The number of morpholine rings is 1. The van der Waals surface area contributed by atoms with Gasteiger partial charge in [0, 0.05) is 37.9 Å². The fourth-order valence-electron chi connectivity index (χ4n) is 7.00. The number of rotatable bonds is 17. The Hall–Kier alpha value is -4.30. The van der Waals surface area contributed by atoms with Gasteiger partial charge >= 0.3 is 6.09 Å². The number of aliphatic hydroxyl groups is 2. The number of nitrogens with one attached hydrogen (secondary N) is 1. The van der Waals surface area contributed by atoms with E-state index in [1.54, 1.807) is 17.4 Å². The molecule has 13 nitrogen and oxygen atoms in total. The Morgan fingerprint density at radius 3 is 1.98 bits per heavy atom. The predicted octanol–water partition coefficient (Wildman–Crippen LogP) is 7.67. The molecule has 3 N–H and O–H groups in total. The molecule has 312 valence electrons. The van der Waals surface area contributed by atoms with E-state index in [-0.39, 0.29) is 44.4 Å². The number of ether oxygens (including phenoxy) is 4. The normalized spacial score (nSPS) is 18.2. The average Bonchev–Trinajstić information content (AvgIpc) is 4.10. The Balaban J connectivity index is 0.000000221. The van der Waals surface area contributed by atoms with Crippen LogP contribution in [0.1, 0.15) is 109 Å². The molecule has 3 atom stereocenters. The van der Waals surface area contributed by atoms with Crippen LogP contribution in [0.5, 0.6) is 11.5 Å². The second-order valence-electron chi connectivity index (χ2n) is 16.4. The first-order chi connectivity index (χ1) is 27.5. The van der Waals surface area contributed by atoms with E-state index in [4.69, 9.17) is 38.0 Å².